The third-order valence-electron chi connectivity index (χ3n) is 5.65. The van der Waals surface area contributed by atoms with E-state index < -0.39 is 12.3 Å². The molecule has 0 bridgehead atoms. The molecule has 0 aliphatic carbocycles. The summed E-state index contributed by atoms with van der Waals surface area (Å²) in [5.41, 5.74) is 7.90. The number of halogens is 3. The topological polar surface area (TPSA) is 111 Å². The van der Waals surface area contributed by atoms with Gasteiger partial charge in [-0.25, -0.2) is 4.98 Å². The van der Waals surface area contributed by atoms with Crippen molar-refractivity contribution in [3.63, 3.8) is 0 Å². The Bertz CT molecular complexity index is 1170. The molecule has 1 aliphatic heterocycles. The molecule has 2 heterocycles. The van der Waals surface area contributed by atoms with Crippen LogP contribution in [0.25, 0.3) is 11.3 Å². The first-order chi connectivity index (χ1) is 16.7. The Morgan fingerprint density at radius 3 is 2.43 bits per heavy atom. The van der Waals surface area contributed by atoms with Gasteiger partial charge in [0.05, 0.1) is 30.2 Å². The summed E-state index contributed by atoms with van der Waals surface area (Å²) in [6.45, 7) is 0.911. The van der Waals surface area contributed by atoms with Gasteiger partial charge in [0, 0.05) is 31.5 Å². The predicted molar refractivity (Wildman–Crippen MR) is 120 cm³/mol. The van der Waals surface area contributed by atoms with E-state index in [-0.39, 0.29) is 29.7 Å². The number of H-pyrrole nitrogens is 1. The summed E-state index contributed by atoms with van der Waals surface area (Å²) in [6.07, 6.45) is -0.597. The molecular weight excluding hydrogens is 465 g/mol. The number of amides is 2. The molecule has 2 amide bonds. The maximum Gasteiger partial charge on any atom is 0.573 e. The molecule has 8 nitrogen and oxygen atoms in total. The van der Waals surface area contributed by atoms with Crippen molar-refractivity contribution in [2.75, 3.05) is 13.1 Å². The van der Waals surface area contributed by atoms with Gasteiger partial charge in [0.15, 0.2) is 0 Å². The zero-order valence-corrected chi connectivity index (χ0v) is 18.5. The van der Waals surface area contributed by atoms with E-state index in [1.165, 1.54) is 30.6 Å². The lowest BCUT2D eigenvalue weighted by molar-refractivity contribution is -0.274. The zero-order chi connectivity index (χ0) is 25.0. The van der Waals surface area contributed by atoms with Gasteiger partial charge in [-0.2, -0.15) is 0 Å². The predicted octanol–water partition coefficient (Wildman–Crippen LogP) is 3.69. The Morgan fingerprint density at radius 2 is 1.83 bits per heavy atom. The van der Waals surface area contributed by atoms with E-state index in [2.05, 4.69) is 14.7 Å². The van der Waals surface area contributed by atoms with Crippen LogP contribution < -0.4 is 15.2 Å². The average Bonchev–Trinajstić information content (AvgIpc) is 3.35. The molecule has 1 aromatic heterocycles. The summed E-state index contributed by atoms with van der Waals surface area (Å²) in [5, 5.41) is 0. The van der Waals surface area contributed by atoms with Crippen molar-refractivity contribution in [2.24, 2.45) is 5.73 Å². The van der Waals surface area contributed by atoms with Crippen molar-refractivity contribution < 1.29 is 32.2 Å². The molecule has 0 unspecified atom stereocenters. The fraction of sp³-hybridized carbons (Fsp3) is 0.292. The lowest BCUT2D eigenvalue weighted by atomic mass is 10.0. The second kappa shape index (κ2) is 10.1. The number of alkyl halides is 3. The number of carbonyl (C=O) groups is 2. The second-order valence-corrected chi connectivity index (χ2v) is 8.11. The van der Waals surface area contributed by atoms with Gasteiger partial charge in [0.1, 0.15) is 17.6 Å². The van der Waals surface area contributed by atoms with Gasteiger partial charge >= 0.3 is 6.36 Å². The molecule has 0 radical (unpaired) electrons. The molecule has 4 rings (SSSR count). The number of aromatic amines is 1. The van der Waals surface area contributed by atoms with Crippen LogP contribution in [0.5, 0.6) is 11.5 Å². The van der Waals surface area contributed by atoms with Gasteiger partial charge in [0.2, 0.25) is 5.91 Å². The van der Waals surface area contributed by atoms with Crippen molar-refractivity contribution in [1.82, 2.24) is 14.9 Å². The van der Waals surface area contributed by atoms with Crippen molar-refractivity contribution in [3.8, 4) is 22.8 Å². The maximum atomic E-state index is 12.6. The van der Waals surface area contributed by atoms with Crippen LogP contribution in [0.3, 0.4) is 0 Å². The number of imidazole rings is 1. The highest BCUT2D eigenvalue weighted by atomic mass is 19.4. The lowest BCUT2D eigenvalue weighted by Crippen LogP contribution is -2.42. The van der Waals surface area contributed by atoms with Crippen LogP contribution in [-0.2, 0) is 11.2 Å². The normalized spacial score (nSPS) is 14.5. The SMILES string of the molecule is NC(=O)c1cc(-c2cnc[nH]2)ccc1OC1CCN(C(=O)Cc2ccc(OC(F)(F)F)cc2)CC1. The number of hydrogen-bond acceptors (Lipinski definition) is 5. The van der Waals surface area contributed by atoms with Crippen LogP contribution in [0.15, 0.2) is 55.0 Å². The number of rotatable bonds is 7. The number of nitrogens with two attached hydrogens (primary N) is 1. The number of carbonyl (C=O) groups excluding carboxylic acids is 2. The van der Waals surface area contributed by atoms with E-state index in [9.17, 15) is 22.8 Å². The molecule has 2 aromatic carbocycles. The molecule has 11 heteroatoms. The highest BCUT2D eigenvalue weighted by Crippen LogP contribution is 2.28. The molecule has 0 saturated carbocycles. The van der Waals surface area contributed by atoms with E-state index in [1.807, 2.05) is 0 Å². The quantitative estimate of drug-likeness (QED) is 0.527. The number of primary amides is 1. The zero-order valence-electron chi connectivity index (χ0n) is 18.5. The third kappa shape index (κ3) is 6.31. The molecule has 1 aliphatic rings. The van der Waals surface area contributed by atoms with Crippen LogP contribution in [0.1, 0.15) is 28.8 Å². The van der Waals surface area contributed by atoms with Gasteiger partial charge in [-0.3, -0.25) is 9.59 Å². The van der Waals surface area contributed by atoms with Gasteiger partial charge < -0.3 is 25.1 Å². The minimum Gasteiger partial charge on any atom is -0.489 e. The number of aromatic nitrogens is 2. The maximum absolute atomic E-state index is 12.6. The summed E-state index contributed by atoms with van der Waals surface area (Å²) >= 11 is 0. The van der Waals surface area contributed by atoms with E-state index >= 15 is 0 Å². The van der Waals surface area contributed by atoms with E-state index in [4.69, 9.17) is 10.5 Å². The molecule has 3 aromatic rings. The Balaban J connectivity index is 1.32. The molecule has 0 spiro atoms. The molecule has 1 saturated heterocycles. The number of nitrogens with one attached hydrogen (secondary N) is 1. The number of nitrogens with zero attached hydrogens (tertiary/aromatic N) is 2. The number of benzene rings is 2. The van der Waals surface area contributed by atoms with Gasteiger partial charge in [0.25, 0.3) is 5.91 Å². The molecule has 184 valence electrons. The highest BCUT2D eigenvalue weighted by Gasteiger charge is 2.31. The fourth-order valence-corrected chi connectivity index (χ4v) is 3.90. The first-order valence-corrected chi connectivity index (χ1v) is 10.9. The van der Waals surface area contributed by atoms with E-state index in [1.54, 1.807) is 29.3 Å². The van der Waals surface area contributed by atoms with E-state index in [0.717, 1.165) is 11.3 Å². The minimum absolute atomic E-state index is 0.0682. The smallest absolute Gasteiger partial charge is 0.489 e. The van der Waals surface area contributed by atoms with Crippen LogP contribution in [-0.4, -0.2) is 52.2 Å². The number of ether oxygens (including phenoxy) is 2. The second-order valence-electron chi connectivity index (χ2n) is 8.11. The van der Waals surface area contributed by atoms with Gasteiger partial charge in [-0.15, -0.1) is 13.2 Å². The van der Waals surface area contributed by atoms with Crippen molar-refractivity contribution in [1.29, 1.82) is 0 Å². The fourth-order valence-electron chi connectivity index (χ4n) is 3.90. The van der Waals surface area contributed by atoms with Crippen LogP contribution >= 0.6 is 0 Å². The largest absolute Gasteiger partial charge is 0.573 e. The van der Waals surface area contributed by atoms with Crippen molar-refractivity contribution in [2.45, 2.75) is 31.7 Å². The standard InChI is InChI=1S/C24H23F3N4O4/c25-24(26,27)35-18-4-1-15(2-5-18)11-22(32)31-9-7-17(8-10-31)34-21-6-3-16(12-19(21)23(28)33)20-13-29-14-30-20/h1-6,12-14,17H,7-11H2,(H2,28,33)(H,29,30). The Hall–Kier alpha value is -4.02. The minimum atomic E-state index is -4.76. The first-order valence-electron chi connectivity index (χ1n) is 10.9. The third-order valence-corrected chi connectivity index (χ3v) is 5.65. The molecule has 1 fully saturated rings. The Labute approximate surface area is 198 Å². The summed E-state index contributed by atoms with van der Waals surface area (Å²) in [7, 11) is 0. The van der Waals surface area contributed by atoms with E-state index in [0.29, 0.717) is 37.2 Å². The summed E-state index contributed by atoms with van der Waals surface area (Å²) < 4.78 is 46.7. The van der Waals surface area contributed by atoms with Crippen molar-refractivity contribution >= 4 is 11.8 Å². The first kappa shape index (κ1) is 24.1. The molecule has 35 heavy (non-hydrogen) atoms. The number of likely N-dealkylation sites (tertiary alicyclic amines) is 1. The summed E-state index contributed by atoms with van der Waals surface area (Å²) in [4.78, 5) is 33.3. The monoisotopic (exact) mass is 488 g/mol. The van der Waals surface area contributed by atoms with Crippen LogP contribution in [0.4, 0.5) is 13.2 Å². The Kier molecular flexibility index (Phi) is 6.94. The van der Waals surface area contributed by atoms with Crippen molar-refractivity contribution in [3.05, 3.63) is 66.1 Å². The molecular formula is C24H23F3N4O4. The van der Waals surface area contributed by atoms with Crippen LogP contribution in [0.2, 0.25) is 0 Å². The summed E-state index contributed by atoms with van der Waals surface area (Å²) in [5.74, 6) is -0.693. The highest BCUT2D eigenvalue weighted by molar-refractivity contribution is 5.97. The molecule has 3 N–H and O–H groups in total. The Morgan fingerprint density at radius 1 is 1.11 bits per heavy atom. The lowest BCUT2D eigenvalue weighted by Gasteiger charge is -2.32. The average molecular weight is 488 g/mol. The van der Waals surface area contributed by atoms with Crippen LogP contribution in [0, 0.1) is 0 Å². The molecule has 0 atom stereocenters. The number of piperidine rings is 1. The van der Waals surface area contributed by atoms with Gasteiger partial charge in [-0.1, -0.05) is 12.1 Å². The summed E-state index contributed by atoms with van der Waals surface area (Å²) in [6, 6.07) is 10.4. The number of hydrogen-bond donors (Lipinski definition) is 2. The van der Waals surface area contributed by atoms with Gasteiger partial charge in [-0.05, 0) is 35.9 Å².